The first kappa shape index (κ1) is 15.1. The second kappa shape index (κ2) is 6.02. The van der Waals surface area contributed by atoms with Crippen molar-refractivity contribution in [2.45, 2.75) is 56.4 Å². The van der Waals surface area contributed by atoms with Gasteiger partial charge >= 0.3 is 0 Å². The number of nitrogens with two attached hydrogens (primary N) is 1. The number of halogens is 1. The molecule has 2 nitrogen and oxygen atoms in total. The van der Waals surface area contributed by atoms with Crippen LogP contribution in [-0.4, -0.2) is 16.3 Å². The molecule has 3 atom stereocenters. The molecule has 0 saturated heterocycles. The van der Waals surface area contributed by atoms with Crippen LogP contribution >= 0.6 is 23.4 Å². The van der Waals surface area contributed by atoms with Crippen LogP contribution in [0.3, 0.4) is 0 Å². The topological polar surface area (TPSA) is 38.9 Å². The molecular weight excluding hydrogens is 276 g/mol. The molecule has 0 spiro atoms. The average Bonchev–Trinajstić information content (AvgIpc) is 2.33. The van der Waals surface area contributed by atoms with Gasteiger partial charge in [-0.2, -0.15) is 0 Å². The van der Waals surface area contributed by atoms with Gasteiger partial charge in [-0.3, -0.25) is 0 Å². The maximum absolute atomic E-state index is 6.29. The zero-order valence-corrected chi connectivity index (χ0v) is 13.5. The number of aromatic nitrogens is 1. The van der Waals surface area contributed by atoms with Crippen LogP contribution in [0.5, 0.6) is 0 Å². The summed E-state index contributed by atoms with van der Waals surface area (Å²) in [5.41, 5.74) is 6.64. The summed E-state index contributed by atoms with van der Waals surface area (Å²) < 4.78 is 0. The van der Waals surface area contributed by atoms with Gasteiger partial charge in [-0.15, -0.1) is 0 Å². The highest BCUT2D eigenvalue weighted by atomic mass is 35.5. The van der Waals surface area contributed by atoms with Crippen LogP contribution in [-0.2, 0) is 0 Å². The molecule has 1 fully saturated rings. The Hall–Kier alpha value is -0.250. The number of hydrogen-bond acceptors (Lipinski definition) is 3. The van der Waals surface area contributed by atoms with Crippen LogP contribution in [0.4, 0.5) is 0 Å². The molecule has 1 aromatic heterocycles. The third-order valence-electron chi connectivity index (χ3n) is 4.06. The third kappa shape index (κ3) is 3.87. The van der Waals surface area contributed by atoms with Gasteiger partial charge in [0.25, 0.3) is 0 Å². The normalized spacial score (nSPS) is 28.4. The Labute approximate surface area is 125 Å². The van der Waals surface area contributed by atoms with Gasteiger partial charge in [0.2, 0.25) is 0 Å². The highest BCUT2D eigenvalue weighted by molar-refractivity contribution is 8.00. The van der Waals surface area contributed by atoms with Gasteiger partial charge in [-0.25, -0.2) is 4.98 Å². The summed E-state index contributed by atoms with van der Waals surface area (Å²) in [7, 11) is 0. The van der Waals surface area contributed by atoms with Crippen LogP contribution in [0.2, 0.25) is 5.02 Å². The largest absolute Gasteiger partial charge is 0.327 e. The highest BCUT2D eigenvalue weighted by Crippen LogP contribution is 2.43. The Morgan fingerprint density at radius 3 is 2.74 bits per heavy atom. The molecule has 1 aromatic rings. The summed E-state index contributed by atoms with van der Waals surface area (Å²) in [6.07, 6.45) is 5.29. The zero-order valence-electron chi connectivity index (χ0n) is 11.9. The van der Waals surface area contributed by atoms with Crippen molar-refractivity contribution in [1.82, 2.24) is 4.98 Å². The molecule has 19 heavy (non-hydrogen) atoms. The fourth-order valence-corrected chi connectivity index (χ4v) is 4.16. The Balaban J connectivity index is 2.08. The first-order valence-corrected chi connectivity index (χ1v) is 8.16. The molecule has 1 heterocycles. The molecule has 3 unspecified atom stereocenters. The smallest absolute Gasteiger partial charge is 0.115 e. The Morgan fingerprint density at radius 1 is 1.37 bits per heavy atom. The van der Waals surface area contributed by atoms with Gasteiger partial charge in [0.1, 0.15) is 5.03 Å². The minimum atomic E-state index is 0.252. The predicted octanol–water partition coefficient (Wildman–Crippen LogP) is 4.37. The summed E-state index contributed by atoms with van der Waals surface area (Å²) >= 11 is 7.94. The lowest BCUT2D eigenvalue weighted by atomic mass is 9.71. The van der Waals surface area contributed by atoms with E-state index in [4.69, 9.17) is 17.3 Å². The minimum Gasteiger partial charge on any atom is -0.327 e. The molecular formula is C15H23ClN2S. The van der Waals surface area contributed by atoms with Gasteiger partial charge in [-0.05, 0) is 42.7 Å². The molecule has 0 aromatic carbocycles. The highest BCUT2D eigenvalue weighted by Gasteiger charge is 2.35. The lowest BCUT2D eigenvalue weighted by Crippen LogP contribution is -2.41. The predicted molar refractivity (Wildman–Crippen MR) is 83.7 cm³/mol. The van der Waals surface area contributed by atoms with Crippen molar-refractivity contribution in [2.24, 2.45) is 17.1 Å². The van der Waals surface area contributed by atoms with Gasteiger partial charge < -0.3 is 5.73 Å². The van der Waals surface area contributed by atoms with Gasteiger partial charge in [-0.1, -0.05) is 44.1 Å². The van der Waals surface area contributed by atoms with E-state index in [0.717, 1.165) is 28.8 Å². The summed E-state index contributed by atoms with van der Waals surface area (Å²) in [5.74, 6) is 0.729. The first-order chi connectivity index (χ1) is 8.88. The van der Waals surface area contributed by atoms with E-state index >= 15 is 0 Å². The number of hydrogen-bond donors (Lipinski definition) is 1. The molecule has 1 aliphatic rings. The van der Waals surface area contributed by atoms with Gasteiger partial charge in [0, 0.05) is 17.5 Å². The van der Waals surface area contributed by atoms with Gasteiger partial charge in [0.15, 0.2) is 0 Å². The van der Waals surface area contributed by atoms with E-state index < -0.39 is 0 Å². The SMILES string of the molecule is CC(C)(C)C1CCC(N)C(Sc2ncccc2Cl)C1. The van der Waals surface area contributed by atoms with E-state index in [1.807, 2.05) is 12.1 Å². The fourth-order valence-electron chi connectivity index (χ4n) is 2.68. The van der Waals surface area contributed by atoms with Gasteiger partial charge in [0.05, 0.1) is 5.02 Å². The average molecular weight is 299 g/mol. The van der Waals surface area contributed by atoms with Crippen LogP contribution in [0.25, 0.3) is 0 Å². The van der Waals surface area contributed by atoms with Crippen LogP contribution in [0, 0.1) is 11.3 Å². The van der Waals surface area contributed by atoms with Crippen LogP contribution in [0.15, 0.2) is 23.4 Å². The Morgan fingerprint density at radius 2 is 2.11 bits per heavy atom. The molecule has 0 amide bonds. The van der Waals surface area contributed by atoms with E-state index in [9.17, 15) is 0 Å². The molecule has 0 bridgehead atoms. The molecule has 1 aliphatic carbocycles. The van der Waals surface area contributed by atoms with E-state index in [1.54, 1.807) is 18.0 Å². The zero-order chi connectivity index (χ0) is 14.0. The molecule has 2 N–H and O–H groups in total. The van der Waals surface area contributed by atoms with E-state index in [-0.39, 0.29) is 6.04 Å². The summed E-state index contributed by atoms with van der Waals surface area (Å²) in [6, 6.07) is 4.01. The lowest BCUT2D eigenvalue weighted by Gasteiger charge is -2.40. The van der Waals surface area contributed by atoms with Crippen molar-refractivity contribution in [1.29, 1.82) is 0 Å². The summed E-state index contributed by atoms with van der Waals surface area (Å²) in [6.45, 7) is 6.97. The van der Waals surface area contributed by atoms with Crippen molar-refractivity contribution >= 4 is 23.4 Å². The van der Waals surface area contributed by atoms with Crippen molar-refractivity contribution in [2.75, 3.05) is 0 Å². The number of nitrogens with zero attached hydrogens (tertiary/aromatic N) is 1. The number of thioether (sulfide) groups is 1. The number of rotatable bonds is 2. The maximum atomic E-state index is 6.29. The van der Waals surface area contributed by atoms with Crippen molar-refractivity contribution in [3.05, 3.63) is 23.4 Å². The summed E-state index contributed by atoms with van der Waals surface area (Å²) in [4.78, 5) is 4.37. The van der Waals surface area contributed by atoms with Crippen LogP contribution in [0.1, 0.15) is 40.0 Å². The second-order valence-electron chi connectivity index (χ2n) is 6.49. The second-order valence-corrected chi connectivity index (χ2v) is 8.12. The minimum absolute atomic E-state index is 0.252. The molecule has 2 rings (SSSR count). The van der Waals surface area contributed by atoms with Crippen molar-refractivity contribution < 1.29 is 0 Å². The monoisotopic (exact) mass is 298 g/mol. The van der Waals surface area contributed by atoms with Crippen molar-refractivity contribution in [3.8, 4) is 0 Å². The lowest BCUT2D eigenvalue weighted by molar-refractivity contribution is 0.174. The Bertz CT molecular complexity index is 430. The van der Waals surface area contributed by atoms with Crippen molar-refractivity contribution in [3.63, 3.8) is 0 Å². The molecule has 0 radical (unpaired) electrons. The molecule has 0 aliphatic heterocycles. The quantitative estimate of drug-likeness (QED) is 0.881. The molecule has 106 valence electrons. The van der Waals surface area contributed by atoms with E-state index in [1.165, 1.54) is 6.42 Å². The molecule has 4 heteroatoms. The number of pyridine rings is 1. The fraction of sp³-hybridized carbons (Fsp3) is 0.667. The van der Waals surface area contributed by atoms with Crippen LogP contribution < -0.4 is 5.73 Å². The third-order valence-corrected chi connectivity index (χ3v) is 5.87. The first-order valence-electron chi connectivity index (χ1n) is 6.90. The van der Waals surface area contributed by atoms with E-state index in [0.29, 0.717) is 10.7 Å². The maximum Gasteiger partial charge on any atom is 0.115 e. The standard InChI is InChI=1S/C15H23ClN2S/c1-15(2,3)10-6-7-12(17)13(9-10)19-14-11(16)5-4-8-18-14/h4-5,8,10,12-13H,6-7,9,17H2,1-3H3. The van der Waals surface area contributed by atoms with E-state index in [2.05, 4.69) is 25.8 Å². The molecule has 1 saturated carbocycles. The Kier molecular flexibility index (Phi) is 4.80. The summed E-state index contributed by atoms with van der Waals surface area (Å²) in [5, 5.41) is 2.07.